The van der Waals surface area contributed by atoms with Crippen molar-refractivity contribution in [2.75, 3.05) is 0 Å². The predicted molar refractivity (Wildman–Crippen MR) is 71.7 cm³/mol. The molecule has 6 heteroatoms. The average molecular weight is 271 g/mol. The first-order chi connectivity index (χ1) is 9.69. The first-order valence-electron chi connectivity index (χ1n) is 6.31. The van der Waals surface area contributed by atoms with Crippen LogP contribution in [-0.4, -0.2) is 25.8 Å². The van der Waals surface area contributed by atoms with Gasteiger partial charge in [0.15, 0.2) is 5.82 Å². The van der Waals surface area contributed by atoms with Crippen molar-refractivity contribution in [2.45, 2.75) is 19.9 Å². The molecule has 3 rings (SSSR count). The lowest BCUT2D eigenvalue weighted by atomic mass is 10.1. The number of para-hydroxylation sites is 1. The normalized spacial score (nSPS) is 11.1. The number of hydrogen-bond acceptors (Lipinski definition) is 4. The Morgan fingerprint density at radius 1 is 1.40 bits per heavy atom. The fourth-order valence-corrected chi connectivity index (χ4v) is 2.21. The Kier molecular flexibility index (Phi) is 2.98. The van der Waals surface area contributed by atoms with Crippen LogP contribution in [0, 0.1) is 0 Å². The molecule has 0 amide bonds. The van der Waals surface area contributed by atoms with Crippen LogP contribution < -0.4 is 0 Å². The Labute approximate surface area is 114 Å². The SMILES string of the molecule is CCc1noc(Cn2ccc3cccc(C(=O)O)c32)n1. The van der Waals surface area contributed by atoms with Gasteiger partial charge in [-0.05, 0) is 12.1 Å². The molecule has 20 heavy (non-hydrogen) atoms. The third-order valence-electron chi connectivity index (χ3n) is 3.15. The zero-order chi connectivity index (χ0) is 14.1. The number of aromatic nitrogens is 3. The largest absolute Gasteiger partial charge is 0.478 e. The topological polar surface area (TPSA) is 81.2 Å². The summed E-state index contributed by atoms with van der Waals surface area (Å²) in [5.74, 6) is 0.171. The summed E-state index contributed by atoms with van der Waals surface area (Å²) >= 11 is 0. The number of carboxylic acids is 1. The molecule has 0 saturated carbocycles. The van der Waals surface area contributed by atoms with Crippen molar-refractivity contribution in [1.82, 2.24) is 14.7 Å². The molecule has 0 spiro atoms. The molecule has 1 N–H and O–H groups in total. The van der Waals surface area contributed by atoms with Crippen molar-refractivity contribution in [3.05, 3.63) is 47.7 Å². The zero-order valence-corrected chi connectivity index (χ0v) is 10.9. The number of rotatable bonds is 4. The highest BCUT2D eigenvalue weighted by Crippen LogP contribution is 2.21. The van der Waals surface area contributed by atoms with Crippen LogP contribution in [0.4, 0.5) is 0 Å². The van der Waals surface area contributed by atoms with Gasteiger partial charge in [-0.3, -0.25) is 0 Å². The van der Waals surface area contributed by atoms with Gasteiger partial charge < -0.3 is 14.2 Å². The van der Waals surface area contributed by atoms with Crippen molar-refractivity contribution in [2.24, 2.45) is 0 Å². The highest BCUT2D eigenvalue weighted by Gasteiger charge is 2.14. The van der Waals surface area contributed by atoms with Crippen LogP contribution in [0.3, 0.4) is 0 Å². The zero-order valence-electron chi connectivity index (χ0n) is 10.9. The van der Waals surface area contributed by atoms with Crippen LogP contribution >= 0.6 is 0 Å². The van der Waals surface area contributed by atoms with E-state index in [0.717, 1.165) is 5.39 Å². The van der Waals surface area contributed by atoms with E-state index in [9.17, 15) is 9.90 Å². The van der Waals surface area contributed by atoms with Crippen LogP contribution in [0.15, 0.2) is 35.0 Å². The van der Waals surface area contributed by atoms with Crippen LogP contribution in [0.5, 0.6) is 0 Å². The minimum absolute atomic E-state index is 0.266. The van der Waals surface area contributed by atoms with E-state index in [-0.39, 0.29) is 5.56 Å². The Hall–Kier alpha value is -2.63. The van der Waals surface area contributed by atoms with Crippen LogP contribution in [0.25, 0.3) is 10.9 Å². The first kappa shape index (κ1) is 12.4. The fourth-order valence-electron chi connectivity index (χ4n) is 2.21. The van der Waals surface area contributed by atoms with E-state index in [0.29, 0.717) is 30.2 Å². The number of carbonyl (C=O) groups is 1. The molecule has 1 aromatic carbocycles. The number of fused-ring (bicyclic) bond motifs is 1. The summed E-state index contributed by atoms with van der Waals surface area (Å²) in [7, 11) is 0. The maximum absolute atomic E-state index is 11.3. The molecule has 2 aromatic heterocycles. The van der Waals surface area contributed by atoms with Gasteiger partial charge in [0.05, 0.1) is 11.1 Å². The number of benzene rings is 1. The summed E-state index contributed by atoms with van der Waals surface area (Å²) in [6.45, 7) is 2.31. The molecule has 0 bridgehead atoms. The van der Waals surface area contributed by atoms with Crippen molar-refractivity contribution < 1.29 is 14.4 Å². The number of nitrogens with zero attached hydrogens (tertiary/aromatic N) is 3. The molecular formula is C14H13N3O3. The minimum Gasteiger partial charge on any atom is -0.478 e. The molecule has 0 radical (unpaired) electrons. The summed E-state index contributed by atoms with van der Waals surface area (Å²) in [6.07, 6.45) is 2.53. The molecule has 0 unspecified atom stereocenters. The van der Waals surface area contributed by atoms with Gasteiger partial charge in [-0.15, -0.1) is 0 Å². The molecule has 0 aliphatic carbocycles. The lowest BCUT2D eigenvalue weighted by Gasteiger charge is -2.04. The molecule has 2 heterocycles. The van der Waals surface area contributed by atoms with E-state index >= 15 is 0 Å². The number of aryl methyl sites for hydroxylation is 1. The lowest BCUT2D eigenvalue weighted by Crippen LogP contribution is -2.04. The summed E-state index contributed by atoms with van der Waals surface area (Å²) in [4.78, 5) is 15.5. The first-order valence-corrected chi connectivity index (χ1v) is 6.31. The molecule has 0 aliphatic rings. The number of hydrogen-bond donors (Lipinski definition) is 1. The van der Waals surface area contributed by atoms with E-state index in [4.69, 9.17) is 4.52 Å². The fraction of sp³-hybridized carbons (Fsp3) is 0.214. The standard InChI is InChI=1S/C14H13N3O3/c1-2-11-15-12(20-16-11)8-17-7-6-9-4-3-5-10(13(9)17)14(18)19/h3-7H,2,8H2,1H3,(H,18,19). The molecular weight excluding hydrogens is 258 g/mol. The Balaban J connectivity index is 2.05. The molecule has 0 atom stereocenters. The Morgan fingerprint density at radius 2 is 2.25 bits per heavy atom. The summed E-state index contributed by atoms with van der Waals surface area (Å²) < 4.78 is 6.96. The van der Waals surface area contributed by atoms with Gasteiger partial charge in [-0.1, -0.05) is 24.2 Å². The van der Waals surface area contributed by atoms with Gasteiger partial charge in [0, 0.05) is 18.0 Å². The van der Waals surface area contributed by atoms with Gasteiger partial charge in [-0.25, -0.2) is 4.79 Å². The van der Waals surface area contributed by atoms with Crippen molar-refractivity contribution in [3.8, 4) is 0 Å². The second-order valence-electron chi connectivity index (χ2n) is 4.45. The Morgan fingerprint density at radius 3 is 2.95 bits per heavy atom. The maximum atomic E-state index is 11.3. The second-order valence-corrected chi connectivity index (χ2v) is 4.45. The van der Waals surface area contributed by atoms with Gasteiger partial charge in [0.2, 0.25) is 5.89 Å². The van der Waals surface area contributed by atoms with Crippen LogP contribution in [-0.2, 0) is 13.0 Å². The average Bonchev–Trinajstić information content (AvgIpc) is 3.06. The van der Waals surface area contributed by atoms with Crippen molar-refractivity contribution in [3.63, 3.8) is 0 Å². The van der Waals surface area contributed by atoms with E-state index in [1.165, 1.54) is 0 Å². The molecule has 0 aliphatic heterocycles. The third kappa shape index (κ3) is 2.05. The van der Waals surface area contributed by atoms with Crippen LogP contribution in [0.1, 0.15) is 29.0 Å². The monoisotopic (exact) mass is 271 g/mol. The minimum atomic E-state index is -0.949. The van der Waals surface area contributed by atoms with E-state index in [1.54, 1.807) is 12.1 Å². The number of aromatic carboxylic acids is 1. The quantitative estimate of drug-likeness (QED) is 0.787. The highest BCUT2D eigenvalue weighted by atomic mass is 16.5. The van der Waals surface area contributed by atoms with Crippen molar-refractivity contribution >= 4 is 16.9 Å². The van der Waals surface area contributed by atoms with Gasteiger partial charge >= 0.3 is 5.97 Å². The van der Waals surface area contributed by atoms with Gasteiger partial charge in [-0.2, -0.15) is 4.98 Å². The highest BCUT2D eigenvalue weighted by molar-refractivity contribution is 6.02. The third-order valence-corrected chi connectivity index (χ3v) is 3.15. The molecule has 3 aromatic rings. The molecule has 0 saturated heterocycles. The van der Waals surface area contributed by atoms with Crippen LogP contribution in [0.2, 0.25) is 0 Å². The molecule has 0 fully saturated rings. The van der Waals surface area contributed by atoms with E-state index in [1.807, 2.05) is 29.8 Å². The molecule has 6 nitrogen and oxygen atoms in total. The van der Waals surface area contributed by atoms with E-state index in [2.05, 4.69) is 10.1 Å². The van der Waals surface area contributed by atoms with Crippen molar-refractivity contribution in [1.29, 1.82) is 0 Å². The Bertz CT molecular complexity index is 773. The smallest absolute Gasteiger partial charge is 0.337 e. The van der Waals surface area contributed by atoms with E-state index < -0.39 is 5.97 Å². The summed E-state index contributed by atoms with van der Waals surface area (Å²) in [6, 6.07) is 7.08. The predicted octanol–water partition coefficient (Wildman–Crippen LogP) is 2.33. The summed E-state index contributed by atoms with van der Waals surface area (Å²) in [5.41, 5.74) is 0.930. The molecule has 102 valence electrons. The van der Waals surface area contributed by atoms with Gasteiger partial charge in [0.25, 0.3) is 0 Å². The number of carboxylic acid groups (broad SMARTS) is 1. The lowest BCUT2D eigenvalue weighted by molar-refractivity contribution is 0.0698. The maximum Gasteiger partial charge on any atom is 0.337 e. The second kappa shape index (κ2) is 4.80. The van der Waals surface area contributed by atoms with Gasteiger partial charge in [0.1, 0.15) is 6.54 Å². The summed E-state index contributed by atoms with van der Waals surface area (Å²) in [5, 5.41) is 14.0.